The molecule has 19 heavy (non-hydrogen) atoms. The van der Waals surface area contributed by atoms with Crippen molar-refractivity contribution in [3.63, 3.8) is 0 Å². The molecule has 1 saturated heterocycles. The molecule has 0 saturated carbocycles. The highest BCUT2D eigenvalue weighted by molar-refractivity contribution is 6.59. The number of benzene rings is 1. The smallest absolute Gasteiger partial charge is 0.423 e. The molecule has 1 aromatic carbocycles. The van der Waals surface area contributed by atoms with Gasteiger partial charge < -0.3 is 14.8 Å². The van der Waals surface area contributed by atoms with Gasteiger partial charge in [0.25, 0.3) is 0 Å². The van der Waals surface area contributed by atoms with Crippen molar-refractivity contribution in [1.82, 2.24) is 4.90 Å². The zero-order valence-corrected chi connectivity index (χ0v) is 11.1. The van der Waals surface area contributed by atoms with E-state index in [9.17, 15) is 14.4 Å². The number of piperidine rings is 1. The normalized spacial score (nSPS) is 20.5. The predicted octanol–water partition coefficient (Wildman–Crippen LogP) is 0.116. The van der Waals surface area contributed by atoms with E-state index in [1.165, 1.54) is 12.1 Å². The molecule has 0 spiro atoms. The summed E-state index contributed by atoms with van der Waals surface area (Å²) in [6, 6.07) is 4.14. The lowest BCUT2D eigenvalue weighted by Gasteiger charge is -2.32. The molecule has 2 N–H and O–H groups in total. The molecule has 2 rings (SSSR count). The number of rotatable bonds is 4. The fourth-order valence-corrected chi connectivity index (χ4v) is 2.54. The van der Waals surface area contributed by atoms with E-state index in [0.29, 0.717) is 6.54 Å². The van der Waals surface area contributed by atoms with Crippen LogP contribution in [0.4, 0.5) is 4.39 Å². The molecule has 0 bridgehead atoms. The van der Waals surface area contributed by atoms with Gasteiger partial charge in [-0.3, -0.25) is 4.90 Å². The highest BCUT2D eigenvalue weighted by Crippen LogP contribution is 2.15. The topological polar surface area (TPSA) is 52.9 Å². The molecule has 1 fully saturated rings. The number of halogens is 1. The lowest BCUT2D eigenvalue weighted by molar-refractivity contribution is 0.0286. The summed E-state index contributed by atoms with van der Waals surface area (Å²) in [7, 11) is 0.0586. The molecule has 1 atom stereocenters. The second kappa shape index (κ2) is 6.48. The summed E-state index contributed by atoms with van der Waals surface area (Å²) in [5, 5.41) is 18.6. The highest BCUT2D eigenvalue weighted by Gasteiger charge is 2.22. The van der Waals surface area contributed by atoms with Crippen molar-refractivity contribution in [3.8, 4) is 0 Å². The molecule has 6 heteroatoms. The van der Waals surface area contributed by atoms with Crippen molar-refractivity contribution in [2.24, 2.45) is 0 Å². The first kappa shape index (κ1) is 14.5. The Balaban J connectivity index is 2.10. The van der Waals surface area contributed by atoms with Crippen LogP contribution in [0.2, 0.25) is 0 Å². The first-order valence-electron chi connectivity index (χ1n) is 6.49. The summed E-state index contributed by atoms with van der Waals surface area (Å²) in [5.74, 6) is -0.458. The molecule has 104 valence electrons. The van der Waals surface area contributed by atoms with Gasteiger partial charge in [0.1, 0.15) is 5.82 Å². The molecule has 1 aliphatic rings. The van der Waals surface area contributed by atoms with E-state index in [4.69, 9.17) is 4.74 Å². The van der Waals surface area contributed by atoms with Gasteiger partial charge in [0.2, 0.25) is 0 Å². The van der Waals surface area contributed by atoms with Crippen molar-refractivity contribution in [1.29, 1.82) is 0 Å². The lowest BCUT2D eigenvalue weighted by atomic mass is 9.76. The minimum atomic E-state index is -1.64. The van der Waals surface area contributed by atoms with Crippen LogP contribution in [0.3, 0.4) is 0 Å². The molecule has 1 unspecified atom stereocenters. The van der Waals surface area contributed by atoms with Crippen LogP contribution in [0.25, 0.3) is 0 Å². The van der Waals surface area contributed by atoms with Crippen LogP contribution < -0.4 is 5.46 Å². The second-order valence-corrected chi connectivity index (χ2v) is 4.95. The van der Waals surface area contributed by atoms with E-state index in [1.54, 1.807) is 13.2 Å². The van der Waals surface area contributed by atoms with E-state index < -0.39 is 12.9 Å². The molecular weight excluding hydrogens is 248 g/mol. The van der Waals surface area contributed by atoms with E-state index >= 15 is 0 Å². The average molecular weight is 267 g/mol. The van der Waals surface area contributed by atoms with Gasteiger partial charge in [0.15, 0.2) is 0 Å². The van der Waals surface area contributed by atoms with Gasteiger partial charge in [-0.05, 0) is 42.5 Å². The third kappa shape index (κ3) is 3.76. The summed E-state index contributed by atoms with van der Waals surface area (Å²) < 4.78 is 18.5. The Kier molecular flexibility index (Phi) is 4.93. The largest absolute Gasteiger partial charge is 0.488 e. The lowest BCUT2D eigenvalue weighted by Crippen LogP contribution is -2.41. The third-order valence-electron chi connectivity index (χ3n) is 3.58. The van der Waals surface area contributed by atoms with Crippen molar-refractivity contribution in [3.05, 3.63) is 29.6 Å². The van der Waals surface area contributed by atoms with E-state index in [0.717, 1.165) is 31.5 Å². The molecule has 0 aliphatic carbocycles. The van der Waals surface area contributed by atoms with Crippen LogP contribution in [-0.2, 0) is 11.3 Å². The SMILES string of the molecule is COC1CCCN(Cc2ccc(F)cc2B(O)O)C1. The van der Waals surface area contributed by atoms with Gasteiger partial charge in [0.05, 0.1) is 6.10 Å². The molecule has 4 nitrogen and oxygen atoms in total. The van der Waals surface area contributed by atoms with Gasteiger partial charge in [-0.25, -0.2) is 4.39 Å². The fourth-order valence-electron chi connectivity index (χ4n) is 2.54. The first-order valence-corrected chi connectivity index (χ1v) is 6.49. The Hall–Kier alpha value is -0.945. The zero-order valence-electron chi connectivity index (χ0n) is 11.1. The van der Waals surface area contributed by atoms with Crippen LogP contribution in [0.15, 0.2) is 18.2 Å². The van der Waals surface area contributed by atoms with Crippen LogP contribution in [0.5, 0.6) is 0 Å². The van der Waals surface area contributed by atoms with Crippen molar-refractivity contribution in [2.45, 2.75) is 25.5 Å². The third-order valence-corrected chi connectivity index (χ3v) is 3.58. The molecule has 1 aromatic rings. The Bertz CT molecular complexity index is 430. The van der Waals surface area contributed by atoms with Crippen LogP contribution >= 0.6 is 0 Å². The summed E-state index contributed by atoms with van der Waals surface area (Å²) >= 11 is 0. The second-order valence-electron chi connectivity index (χ2n) is 4.95. The maximum atomic E-state index is 13.1. The van der Waals surface area contributed by atoms with Gasteiger partial charge >= 0.3 is 7.12 Å². The van der Waals surface area contributed by atoms with E-state index in [2.05, 4.69) is 4.90 Å². The van der Waals surface area contributed by atoms with Gasteiger partial charge in [-0.1, -0.05) is 6.07 Å². The Morgan fingerprint density at radius 1 is 1.47 bits per heavy atom. The number of hydrogen-bond donors (Lipinski definition) is 2. The van der Waals surface area contributed by atoms with Crippen LogP contribution in [0, 0.1) is 5.82 Å². The van der Waals surface area contributed by atoms with Crippen molar-refractivity contribution < 1.29 is 19.2 Å². The summed E-state index contributed by atoms with van der Waals surface area (Å²) in [6.45, 7) is 2.33. The summed E-state index contributed by atoms with van der Waals surface area (Å²) in [6.07, 6.45) is 2.32. The molecule has 0 radical (unpaired) electrons. The average Bonchev–Trinajstić information content (AvgIpc) is 2.41. The van der Waals surface area contributed by atoms with Crippen molar-refractivity contribution in [2.75, 3.05) is 20.2 Å². The van der Waals surface area contributed by atoms with Gasteiger partial charge in [-0.15, -0.1) is 0 Å². The van der Waals surface area contributed by atoms with Gasteiger partial charge in [0, 0.05) is 20.2 Å². The van der Waals surface area contributed by atoms with Crippen LogP contribution in [-0.4, -0.2) is 48.4 Å². The van der Waals surface area contributed by atoms with E-state index in [1.807, 2.05) is 0 Å². The summed E-state index contributed by atoms with van der Waals surface area (Å²) in [5.41, 5.74) is 0.979. The quantitative estimate of drug-likeness (QED) is 0.761. The fraction of sp³-hybridized carbons (Fsp3) is 0.538. The monoisotopic (exact) mass is 267 g/mol. The van der Waals surface area contributed by atoms with Crippen molar-refractivity contribution >= 4 is 12.6 Å². The van der Waals surface area contributed by atoms with Crippen LogP contribution in [0.1, 0.15) is 18.4 Å². The predicted molar refractivity (Wildman–Crippen MR) is 71.5 cm³/mol. The van der Waals surface area contributed by atoms with Gasteiger partial charge in [-0.2, -0.15) is 0 Å². The number of nitrogens with zero attached hydrogens (tertiary/aromatic N) is 1. The Morgan fingerprint density at radius 3 is 2.95 bits per heavy atom. The maximum absolute atomic E-state index is 13.1. The number of hydrogen-bond acceptors (Lipinski definition) is 4. The maximum Gasteiger partial charge on any atom is 0.488 e. The molecular formula is C13H19BFNO3. The standard InChI is InChI=1S/C13H19BFNO3/c1-19-12-3-2-6-16(9-12)8-10-4-5-11(15)7-13(10)14(17)18/h4-5,7,12,17-18H,2-3,6,8-9H2,1H3. The number of methoxy groups -OCH3 is 1. The molecule has 0 amide bonds. The minimum absolute atomic E-state index is 0.219. The number of likely N-dealkylation sites (tertiary alicyclic amines) is 1. The van der Waals surface area contributed by atoms with E-state index in [-0.39, 0.29) is 11.6 Å². The minimum Gasteiger partial charge on any atom is -0.423 e. The first-order chi connectivity index (χ1) is 9.10. The Morgan fingerprint density at radius 2 is 2.26 bits per heavy atom. The highest BCUT2D eigenvalue weighted by atomic mass is 19.1. The molecule has 1 heterocycles. The number of ether oxygens (including phenoxy) is 1. The Labute approximate surface area is 113 Å². The molecule has 0 aromatic heterocycles. The summed E-state index contributed by atoms with van der Waals surface area (Å²) in [4.78, 5) is 2.19. The molecule has 1 aliphatic heterocycles. The zero-order chi connectivity index (χ0) is 13.8.